The Kier molecular flexibility index (Phi) is 6.53. The lowest BCUT2D eigenvalue weighted by Gasteiger charge is -2.12. The monoisotopic (exact) mass is 370 g/mol. The summed E-state index contributed by atoms with van der Waals surface area (Å²) >= 11 is 0. The zero-order chi connectivity index (χ0) is 19.8. The lowest BCUT2D eigenvalue weighted by atomic mass is 9.96. The van der Waals surface area contributed by atoms with Gasteiger partial charge in [-0.05, 0) is 30.2 Å². The highest BCUT2D eigenvalue weighted by Gasteiger charge is 2.18. The molecule has 0 heterocycles. The summed E-state index contributed by atoms with van der Waals surface area (Å²) < 4.78 is 5.35. The minimum atomic E-state index is -0.450. The van der Waals surface area contributed by atoms with Crippen molar-refractivity contribution in [2.75, 3.05) is 6.61 Å². The molecule has 1 atom stereocenters. The van der Waals surface area contributed by atoms with E-state index in [0.29, 0.717) is 11.1 Å². The van der Waals surface area contributed by atoms with Crippen LogP contribution in [0.25, 0.3) is 6.08 Å². The van der Waals surface area contributed by atoms with Gasteiger partial charge in [0.2, 0.25) is 0 Å². The molecule has 0 unspecified atom stereocenters. The fourth-order valence-corrected chi connectivity index (χ4v) is 2.85. The average Bonchev–Trinajstić information content (AvgIpc) is 2.77. The second-order valence-electron chi connectivity index (χ2n) is 6.49. The van der Waals surface area contributed by atoms with E-state index in [0.717, 1.165) is 11.1 Å². The number of carbonyl (C=O) groups excluding carboxylic acids is 2. The highest BCUT2D eigenvalue weighted by atomic mass is 16.5. The Morgan fingerprint density at radius 3 is 2.21 bits per heavy atom. The molecular formula is C25H22O3. The SMILES string of the molecule is C[C@H](C(=O)OC/C=C\c1ccccc1)c1cccc(C(=O)c2ccccc2)c1. The molecule has 3 rings (SSSR count). The van der Waals surface area contributed by atoms with E-state index >= 15 is 0 Å². The quantitative estimate of drug-likeness (QED) is 0.420. The number of ether oxygens (including phenoxy) is 1. The molecule has 140 valence electrons. The maximum absolute atomic E-state index is 12.6. The molecule has 0 aliphatic heterocycles. The third kappa shape index (κ3) is 5.04. The minimum absolute atomic E-state index is 0.0613. The molecule has 0 bridgehead atoms. The fourth-order valence-electron chi connectivity index (χ4n) is 2.85. The molecule has 3 aromatic carbocycles. The van der Waals surface area contributed by atoms with Crippen LogP contribution < -0.4 is 0 Å². The van der Waals surface area contributed by atoms with E-state index in [-0.39, 0.29) is 18.4 Å². The summed E-state index contributed by atoms with van der Waals surface area (Å²) in [6, 6.07) is 26.1. The predicted molar refractivity (Wildman–Crippen MR) is 111 cm³/mol. The van der Waals surface area contributed by atoms with Crippen molar-refractivity contribution in [2.24, 2.45) is 0 Å². The van der Waals surface area contributed by atoms with Crippen molar-refractivity contribution in [3.8, 4) is 0 Å². The molecule has 0 saturated carbocycles. The molecule has 0 amide bonds. The predicted octanol–water partition coefficient (Wildman–Crippen LogP) is 5.28. The lowest BCUT2D eigenvalue weighted by Crippen LogP contribution is -2.14. The van der Waals surface area contributed by atoms with Crippen molar-refractivity contribution in [1.82, 2.24) is 0 Å². The van der Waals surface area contributed by atoms with Crippen LogP contribution >= 0.6 is 0 Å². The van der Waals surface area contributed by atoms with E-state index in [9.17, 15) is 9.59 Å². The van der Waals surface area contributed by atoms with Crippen molar-refractivity contribution in [2.45, 2.75) is 12.8 Å². The van der Waals surface area contributed by atoms with E-state index in [1.807, 2.05) is 66.7 Å². The van der Waals surface area contributed by atoms with Crippen molar-refractivity contribution in [3.63, 3.8) is 0 Å². The summed E-state index contributed by atoms with van der Waals surface area (Å²) in [7, 11) is 0. The standard InChI is InChI=1S/C25H22O3/c1-19(25(27)28-17-9-12-20-10-4-2-5-11-20)22-15-8-16-23(18-22)24(26)21-13-6-3-7-14-21/h2-16,18-19H,17H2,1H3/b12-9-/t19-/m0/s1. The molecule has 3 heteroatoms. The van der Waals surface area contributed by atoms with Crippen LogP contribution in [-0.4, -0.2) is 18.4 Å². The Morgan fingerprint density at radius 2 is 1.50 bits per heavy atom. The number of esters is 1. The van der Waals surface area contributed by atoms with Gasteiger partial charge < -0.3 is 4.74 Å². The van der Waals surface area contributed by atoms with Gasteiger partial charge in [-0.15, -0.1) is 0 Å². The maximum Gasteiger partial charge on any atom is 0.313 e. The minimum Gasteiger partial charge on any atom is -0.461 e. The Bertz CT molecular complexity index is 959. The van der Waals surface area contributed by atoms with Crippen molar-refractivity contribution >= 4 is 17.8 Å². The zero-order valence-corrected chi connectivity index (χ0v) is 15.7. The second-order valence-corrected chi connectivity index (χ2v) is 6.49. The Balaban J connectivity index is 1.62. The summed E-state index contributed by atoms with van der Waals surface area (Å²) in [4.78, 5) is 25.0. The largest absolute Gasteiger partial charge is 0.461 e. The van der Waals surface area contributed by atoms with Gasteiger partial charge in [0, 0.05) is 11.1 Å². The van der Waals surface area contributed by atoms with Crippen molar-refractivity contribution < 1.29 is 14.3 Å². The number of hydrogen-bond donors (Lipinski definition) is 0. The van der Waals surface area contributed by atoms with Crippen LogP contribution in [0.5, 0.6) is 0 Å². The Morgan fingerprint density at radius 1 is 0.857 bits per heavy atom. The Hall–Kier alpha value is -3.46. The van der Waals surface area contributed by atoms with Crippen LogP contribution in [0.2, 0.25) is 0 Å². The molecule has 0 aromatic heterocycles. The third-order valence-electron chi connectivity index (χ3n) is 4.47. The molecule has 0 aliphatic carbocycles. The van der Waals surface area contributed by atoms with E-state index in [2.05, 4.69) is 0 Å². The van der Waals surface area contributed by atoms with Gasteiger partial charge in [0.05, 0.1) is 5.92 Å². The van der Waals surface area contributed by atoms with Crippen LogP contribution in [0.3, 0.4) is 0 Å². The van der Waals surface area contributed by atoms with Gasteiger partial charge in [0.1, 0.15) is 6.61 Å². The fraction of sp³-hybridized carbons (Fsp3) is 0.120. The van der Waals surface area contributed by atoms with E-state index in [1.54, 1.807) is 37.3 Å². The molecule has 3 aromatic rings. The van der Waals surface area contributed by atoms with Gasteiger partial charge in [0.25, 0.3) is 0 Å². The van der Waals surface area contributed by atoms with Crippen LogP contribution in [0.1, 0.15) is 39.9 Å². The normalized spacial score (nSPS) is 11.9. The number of rotatable bonds is 7. The van der Waals surface area contributed by atoms with E-state index in [1.165, 1.54) is 0 Å². The van der Waals surface area contributed by atoms with E-state index in [4.69, 9.17) is 4.74 Å². The average molecular weight is 370 g/mol. The van der Waals surface area contributed by atoms with Crippen LogP contribution in [-0.2, 0) is 9.53 Å². The first kappa shape index (κ1) is 19.3. The molecule has 0 aliphatic rings. The van der Waals surface area contributed by atoms with Crippen molar-refractivity contribution in [1.29, 1.82) is 0 Å². The highest BCUT2D eigenvalue weighted by molar-refractivity contribution is 6.09. The summed E-state index contributed by atoms with van der Waals surface area (Å²) in [6.07, 6.45) is 3.73. The molecule has 0 spiro atoms. The highest BCUT2D eigenvalue weighted by Crippen LogP contribution is 2.20. The zero-order valence-electron chi connectivity index (χ0n) is 15.7. The topological polar surface area (TPSA) is 43.4 Å². The van der Waals surface area contributed by atoms with Gasteiger partial charge in [0.15, 0.2) is 5.78 Å². The molecule has 0 saturated heterocycles. The van der Waals surface area contributed by atoms with Crippen LogP contribution in [0.15, 0.2) is 91.0 Å². The van der Waals surface area contributed by atoms with E-state index < -0.39 is 5.92 Å². The summed E-state index contributed by atoms with van der Waals surface area (Å²) in [6.45, 7) is 2.00. The smallest absolute Gasteiger partial charge is 0.313 e. The van der Waals surface area contributed by atoms with Gasteiger partial charge in [-0.3, -0.25) is 9.59 Å². The molecule has 0 radical (unpaired) electrons. The Labute approximate surface area is 165 Å². The second kappa shape index (κ2) is 9.47. The molecule has 0 fully saturated rings. The lowest BCUT2D eigenvalue weighted by molar-refractivity contribution is -0.143. The summed E-state index contributed by atoms with van der Waals surface area (Å²) in [5.74, 6) is -0.829. The summed E-state index contributed by atoms with van der Waals surface area (Å²) in [5, 5.41) is 0. The first-order valence-corrected chi connectivity index (χ1v) is 9.23. The van der Waals surface area contributed by atoms with Crippen LogP contribution in [0, 0.1) is 0 Å². The van der Waals surface area contributed by atoms with Gasteiger partial charge >= 0.3 is 5.97 Å². The van der Waals surface area contributed by atoms with Gasteiger partial charge in [-0.1, -0.05) is 84.9 Å². The molecule has 28 heavy (non-hydrogen) atoms. The summed E-state index contributed by atoms with van der Waals surface area (Å²) in [5.41, 5.74) is 3.01. The number of benzene rings is 3. The first-order valence-electron chi connectivity index (χ1n) is 9.23. The van der Waals surface area contributed by atoms with Gasteiger partial charge in [-0.2, -0.15) is 0 Å². The van der Waals surface area contributed by atoms with Gasteiger partial charge in [-0.25, -0.2) is 0 Å². The van der Waals surface area contributed by atoms with Crippen LogP contribution in [0.4, 0.5) is 0 Å². The molecular weight excluding hydrogens is 348 g/mol. The molecule has 0 N–H and O–H groups in total. The maximum atomic E-state index is 12.6. The number of carbonyl (C=O) groups is 2. The van der Waals surface area contributed by atoms with Crippen molar-refractivity contribution in [3.05, 3.63) is 113 Å². The number of ketones is 1. The first-order chi connectivity index (χ1) is 13.6. The third-order valence-corrected chi connectivity index (χ3v) is 4.47. The molecule has 3 nitrogen and oxygen atoms in total. The number of hydrogen-bond acceptors (Lipinski definition) is 3.